The van der Waals surface area contributed by atoms with E-state index in [1.807, 2.05) is 28.9 Å². The minimum absolute atomic E-state index is 0.494. The van der Waals surface area contributed by atoms with Crippen molar-refractivity contribution in [1.29, 1.82) is 5.26 Å². The lowest BCUT2D eigenvalue weighted by Gasteiger charge is -2.32. The van der Waals surface area contributed by atoms with E-state index < -0.39 is 0 Å². The Morgan fingerprint density at radius 3 is 2.56 bits per heavy atom. The SMILES string of the molecule is Cc1cccc2c1cc(C)n2Nc1c(C#N)cncc1-c1ccc(OCCN2CCN(C)CC2)cc1. The number of fused-ring (bicyclic) bond motifs is 1. The molecule has 2 aromatic heterocycles. The molecule has 7 nitrogen and oxygen atoms in total. The van der Waals surface area contributed by atoms with Crippen molar-refractivity contribution in [3.8, 4) is 22.9 Å². The molecule has 0 atom stereocenters. The van der Waals surface area contributed by atoms with Gasteiger partial charge in [-0.25, -0.2) is 0 Å². The Bertz CT molecular complexity index is 1390. The van der Waals surface area contributed by atoms with Gasteiger partial charge in [0.05, 0.1) is 16.8 Å². The lowest BCUT2D eigenvalue weighted by molar-refractivity contribution is 0.134. The van der Waals surface area contributed by atoms with Gasteiger partial charge in [0, 0.05) is 61.8 Å². The molecular weight excluding hydrogens is 448 g/mol. The van der Waals surface area contributed by atoms with Gasteiger partial charge < -0.3 is 9.64 Å². The minimum atomic E-state index is 0.494. The average molecular weight is 481 g/mol. The zero-order chi connectivity index (χ0) is 25.1. The van der Waals surface area contributed by atoms with E-state index in [9.17, 15) is 5.26 Å². The van der Waals surface area contributed by atoms with Crippen LogP contribution in [-0.4, -0.2) is 65.8 Å². The first-order chi connectivity index (χ1) is 17.5. The van der Waals surface area contributed by atoms with Gasteiger partial charge in [0.15, 0.2) is 0 Å². The molecule has 5 rings (SSSR count). The predicted octanol–water partition coefficient (Wildman–Crippen LogP) is 4.69. The number of nitrogens with zero attached hydrogens (tertiary/aromatic N) is 5. The van der Waals surface area contributed by atoms with Crippen LogP contribution in [0.2, 0.25) is 0 Å². The largest absolute Gasteiger partial charge is 0.492 e. The Labute approximate surface area is 212 Å². The molecule has 1 fully saturated rings. The molecule has 1 aliphatic rings. The van der Waals surface area contributed by atoms with Crippen molar-refractivity contribution >= 4 is 16.6 Å². The lowest BCUT2D eigenvalue weighted by Crippen LogP contribution is -2.45. The number of hydrogen-bond acceptors (Lipinski definition) is 6. The Morgan fingerprint density at radius 1 is 1.03 bits per heavy atom. The summed E-state index contributed by atoms with van der Waals surface area (Å²) in [5.41, 5.74) is 9.93. The second-order valence-corrected chi connectivity index (χ2v) is 9.48. The van der Waals surface area contributed by atoms with Gasteiger partial charge in [-0.1, -0.05) is 24.3 Å². The summed E-state index contributed by atoms with van der Waals surface area (Å²) in [6.45, 7) is 10.2. The van der Waals surface area contributed by atoms with Gasteiger partial charge in [0.1, 0.15) is 18.4 Å². The van der Waals surface area contributed by atoms with Gasteiger partial charge in [-0.15, -0.1) is 0 Å². The molecule has 7 heteroatoms. The second-order valence-electron chi connectivity index (χ2n) is 9.48. The standard InChI is InChI=1S/C29H32N6O/c1-21-5-4-6-28-26(21)17-22(2)35(28)32-29-24(18-30)19-31-20-27(29)23-7-9-25(10-8-23)36-16-15-34-13-11-33(3)12-14-34/h4-10,17,19-20H,11-16H2,1-3H3,(H,31,32). The maximum atomic E-state index is 9.84. The summed E-state index contributed by atoms with van der Waals surface area (Å²) >= 11 is 0. The molecule has 0 saturated carbocycles. The summed E-state index contributed by atoms with van der Waals surface area (Å²) in [4.78, 5) is 9.14. The van der Waals surface area contributed by atoms with Crippen LogP contribution in [0.3, 0.4) is 0 Å². The number of pyridine rings is 1. The number of anilines is 1. The average Bonchev–Trinajstić information content (AvgIpc) is 3.22. The van der Waals surface area contributed by atoms with Crippen LogP contribution in [0.4, 0.5) is 5.69 Å². The van der Waals surface area contributed by atoms with E-state index in [1.54, 1.807) is 12.4 Å². The van der Waals surface area contributed by atoms with Crippen LogP contribution in [0.25, 0.3) is 22.0 Å². The molecule has 1 aliphatic heterocycles. The van der Waals surface area contributed by atoms with Crippen LogP contribution in [0.15, 0.2) is 60.9 Å². The summed E-state index contributed by atoms with van der Waals surface area (Å²) < 4.78 is 8.06. The number of likely N-dealkylation sites (N-methyl/N-ethyl adjacent to an activating group) is 1. The fourth-order valence-corrected chi connectivity index (χ4v) is 4.75. The fourth-order valence-electron chi connectivity index (χ4n) is 4.75. The Morgan fingerprint density at radius 2 is 1.81 bits per heavy atom. The van der Waals surface area contributed by atoms with E-state index in [1.165, 1.54) is 10.9 Å². The molecule has 0 aliphatic carbocycles. The van der Waals surface area contributed by atoms with Gasteiger partial charge in [0.25, 0.3) is 0 Å². The third-order valence-corrected chi connectivity index (χ3v) is 6.98. The highest BCUT2D eigenvalue weighted by atomic mass is 16.5. The number of hydrogen-bond donors (Lipinski definition) is 1. The van der Waals surface area contributed by atoms with Crippen LogP contribution < -0.4 is 10.2 Å². The molecular formula is C29H32N6O. The first-order valence-electron chi connectivity index (χ1n) is 12.4. The van der Waals surface area contributed by atoms with Gasteiger partial charge in [-0.2, -0.15) is 5.26 Å². The van der Waals surface area contributed by atoms with E-state index >= 15 is 0 Å². The molecule has 36 heavy (non-hydrogen) atoms. The highest BCUT2D eigenvalue weighted by Crippen LogP contribution is 2.33. The predicted molar refractivity (Wildman–Crippen MR) is 144 cm³/mol. The summed E-state index contributed by atoms with van der Waals surface area (Å²) in [6.07, 6.45) is 3.41. The number of nitrogens with one attached hydrogen (secondary N) is 1. The van der Waals surface area contributed by atoms with Crippen molar-refractivity contribution in [3.63, 3.8) is 0 Å². The highest BCUT2D eigenvalue weighted by Gasteiger charge is 2.16. The van der Waals surface area contributed by atoms with Gasteiger partial charge in [0.2, 0.25) is 0 Å². The van der Waals surface area contributed by atoms with E-state index in [4.69, 9.17) is 4.74 Å². The quantitative estimate of drug-likeness (QED) is 0.414. The van der Waals surface area contributed by atoms with E-state index in [0.29, 0.717) is 12.2 Å². The summed E-state index contributed by atoms with van der Waals surface area (Å²) in [5, 5.41) is 11.0. The number of rotatable bonds is 7. The van der Waals surface area contributed by atoms with E-state index in [2.05, 4.69) is 71.4 Å². The highest BCUT2D eigenvalue weighted by molar-refractivity contribution is 5.87. The number of benzene rings is 2. The van der Waals surface area contributed by atoms with Crippen molar-refractivity contribution < 1.29 is 4.74 Å². The maximum Gasteiger partial charge on any atom is 0.119 e. The van der Waals surface area contributed by atoms with Gasteiger partial charge in [-0.05, 0) is 56.3 Å². The summed E-state index contributed by atoms with van der Waals surface area (Å²) in [7, 11) is 2.17. The molecule has 0 spiro atoms. The Kier molecular flexibility index (Phi) is 6.90. The van der Waals surface area contributed by atoms with Crippen molar-refractivity contribution in [1.82, 2.24) is 19.5 Å². The van der Waals surface area contributed by atoms with Crippen LogP contribution in [0, 0.1) is 25.2 Å². The third kappa shape index (κ3) is 4.92. The molecule has 2 aromatic carbocycles. The first-order valence-corrected chi connectivity index (χ1v) is 12.4. The third-order valence-electron chi connectivity index (χ3n) is 6.98. The molecule has 3 heterocycles. The minimum Gasteiger partial charge on any atom is -0.492 e. The van der Waals surface area contributed by atoms with Crippen molar-refractivity contribution in [2.24, 2.45) is 0 Å². The van der Waals surface area contributed by atoms with Gasteiger partial charge in [-0.3, -0.25) is 20.0 Å². The van der Waals surface area contributed by atoms with Crippen molar-refractivity contribution in [3.05, 3.63) is 77.7 Å². The molecule has 0 unspecified atom stereocenters. The smallest absolute Gasteiger partial charge is 0.119 e. The van der Waals surface area contributed by atoms with Crippen LogP contribution in [0.1, 0.15) is 16.8 Å². The monoisotopic (exact) mass is 480 g/mol. The normalized spacial score (nSPS) is 14.6. The van der Waals surface area contributed by atoms with E-state index in [0.717, 1.165) is 66.5 Å². The Balaban J connectivity index is 1.36. The second kappa shape index (κ2) is 10.4. The molecule has 4 aromatic rings. The topological polar surface area (TPSA) is 69.3 Å². The van der Waals surface area contributed by atoms with Crippen LogP contribution in [0.5, 0.6) is 5.75 Å². The van der Waals surface area contributed by atoms with Crippen LogP contribution in [-0.2, 0) is 0 Å². The molecule has 0 amide bonds. The van der Waals surface area contributed by atoms with Crippen LogP contribution >= 0.6 is 0 Å². The lowest BCUT2D eigenvalue weighted by atomic mass is 10.0. The first kappa shape index (κ1) is 23.9. The maximum absolute atomic E-state index is 9.84. The van der Waals surface area contributed by atoms with E-state index in [-0.39, 0.29) is 0 Å². The zero-order valence-corrected chi connectivity index (χ0v) is 21.2. The van der Waals surface area contributed by atoms with Gasteiger partial charge >= 0.3 is 0 Å². The summed E-state index contributed by atoms with van der Waals surface area (Å²) in [6, 6.07) is 18.7. The molecule has 1 saturated heterocycles. The number of aryl methyl sites for hydroxylation is 2. The summed E-state index contributed by atoms with van der Waals surface area (Å²) in [5.74, 6) is 0.842. The van der Waals surface area contributed by atoms with Crippen molar-refractivity contribution in [2.75, 3.05) is 51.8 Å². The number of nitriles is 1. The number of piperazine rings is 1. The number of aromatic nitrogens is 2. The number of ether oxygens (including phenoxy) is 1. The Hall–Kier alpha value is -3.86. The van der Waals surface area contributed by atoms with Crippen molar-refractivity contribution in [2.45, 2.75) is 13.8 Å². The fraction of sp³-hybridized carbons (Fsp3) is 0.310. The molecule has 1 N–H and O–H groups in total. The molecule has 184 valence electrons. The zero-order valence-electron chi connectivity index (χ0n) is 21.2. The molecule has 0 bridgehead atoms. The molecule has 0 radical (unpaired) electrons.